The van der Waals surface area contributed by atoms with Crippen LogP contribution in [0.2, 0.25) is 0 Å². The fourth-order valence-corrected chi connectivity index (χ4v) is 1.32. The first-order chi connectivity index (χ1) is 5.42. The van der Waals surface area contributed by atoms with Crippen LogP contribution >= 0.6 is 0 Å². The SMILES string of the molecule is CC[n+]1c[nH]c2ccccc21.[Br-]. The number of nitrogens with zero attached hydrogens (tertiary/aromatic N) is 1. The minimum absolute atomic E-state index is 0. The molecule has 2 aromatic rings. The number of hydrogen-bond acceptors (Lipinski definition) is 0. The maximum atomic E-state index is 3.20. The Morgan fingerprint density at radius 1 is 1.33 bits per heavy atom. The number of benzene rings is 1. The van der Waals surface area contributed by atoms with Crippen molar-refractivity contribution < 1.29 is 21.5 Å². The number of aryl methyl sites for hydroxylation is 1. The molecular formula is C9H11BrN2. The van der Waals surface area contributed by atoms with Crippen molar-refractivity contribution in [2.24, 2.45) is 0 Å². The third kappa shape index (κ3) is 1.37. The molecule has 1 heterocycles. The van der Waals surface area contributed by atoms with Crippen LogP contribution in [-0.2, 0) is 6.54 Å². The number of rotatable bonds is 1. The molecular weight excluding hydrogens is 216 g/mol. The Morgan fingerprint density at radius 3 is 2.83 bits per heavy atom. The highest BCUT2D eigenvalue weighted by Crippen LogP contribution is 2.04. The molecule has 12 heavy (non-hydrogen) atoms. The molecule has 1 aromatic carbocycles. The Balaban J connectivity index is 0.000000720. The van der Waals surface area contributed by atoms with E-state index in [9.17, 15) is 0 Å². The topological polar surface area (TPSA) is 19.7 Å². The number of nitrogens with one attached hydrogen (secondary N) is 1. The first kappa shape index (κ1) is 9.26. The molecule has 64 valence electrons. The fraction of sp³-hybridized carbons (Fsp3) is 0.222. The lowest BCUT2D eigenvalue weighted by Gasteiger charge is -1.88. The lowest BCUT2D eigenvalue weighted by Crippen LogP contribution is -3.00. The van der Waals surface area contributed by atoms with Gasteiger partial charge in [0.2, 0.25) is 6.33 Å². The van der Waals surface area contributed by atoms with E-state index in [4.69, 9.17) is 0 Å². The van der Waals surface area contributed by atoms with Crippen LogP contribution in [0.25, 0.3) is 11.0 Å². The number of para-hydroxylation sites is 2. The van der Waals surface area contributed by atoms with E-state index in [1.165, 1.54) is 11.0 Å². The highest BCUT2D eigenvalue weighted by atomic mass is 79.9. The molecule has 1 aromatic heterocycles. The lowest BCUT2D eigenvalue weighted by atomic mass is 10.3. The standard InChI is InChI=1S/C9H10N2.BrH/c1-2-11-7-10-8-5-3-4-6-9(8)11;/h3-7H,2H2,1H3;1H. The molecule has 0 aliphatic carbocycles. The summed E-state index contributed by atoms with van der Waals surface area (Å²) in [6.45, 7) is 3.16. The zero-order chi connectivity index (χ0) is 7.68. The normalized spacial score (nSPS) is 9.75. The van der Waals surface area contributed by atoms with Gasteiger partial charge in [0.15, 0.2) is 11.0 Å². The summed E-state index contributed by atoms with van der Waals surface area (Å²) in [4.78, 5) is 3.20. The molecule has 0 spiro atoms. The largest absolute Gasteiger partial charge is 1.00 e. The summed E-state index contributed by atoms with van der Waals surface area (Å²) in [5.74, 6) is 0. The number of aromatic nitrogens is 2. The van der Waals surface area contributed by atoms with Gasteiger partial charge in [-0.05, 0) is 19.1 Å². The minimum Gasteiger partial charge on any atom is -1.00 e. The average molecular weight is 227 g/mol. The van der Waals surface area contributed by atoms with Gasteiger partial charge in [-0.25, -0.2) is 9.55 Å². The third-order valence-corrected chi connectivity index (χ3v) is 1.93. The zero-order valence-corrected chi connectivity index (χ0v) is 8.51. The van der Waals surface area contributed by atoms with Crippen molar-refractivity contribution in [3.05, 3.63) is 30.6 Å². The van der Waals surface area contributed by atoms with E-state index in [0.717, 1.165) is 6.54 Å². The first-order valence-electron chi connectivity index (χ1n) is 3.87. The summed E-state index contributed by atoms with van der Waals surface area (Å²) in [6, 6.07) is 8.30. The molecule has 0 fully saturated rings. The van der Waals surface area contributed by atoms with Gasteiger partial charge >= 0.3 is 0 Å². The number of aromatic amines is 1. The van der Waals surface area contributed by atoms with Crippen molar-refractivity contribution in [1.82, 2.24) is 4.98 Å². The van der Waals surface area contributed by atoms with Gasteiger partial charge in [0.25, 0.3) is 0 Å². The van der Waals surface area contributed by atoms with Crippen LogP contribution in [0, 0.1) is 0 Å². The molecule has 0 aliphatic rings. The van der Waals surface area contributed by atoms with Gasteiger partial charge in [-0.1, -0.05) is 12.1 Å². The van der Waals surface area contributed by atoms with E-state index in [1.807, 2.05) is 12.4 Å². The van der Waals surface area contributed by atoms with Crippen molar-refractivity contribution in [3.8, 4) is 0 Å². The van der Waals surface area contributed by atoms with Gasteiger partial charge < -0.3 is 17.0 Å². The van der Waals surface area contributed by atoms with Crippen LogP contribution in [0.1, 0.15) is 6.92 Å². The van der Waals surface area contributed by atoms with Gasteiger partial charge in [0, 0.05) is 0 Å². The highest BCUT2D eigenvalue weighted by molar-refractivity contribution is 5.70. The summed E-state index contributed by atoms with van der Waals surface area (Å²) >= 11 is 0. The summed E-state index contributed by atoms with van der Waals surface area (Å²) < 4.78 is 2.19. The predicted octanol–water partition coefficient (Wildman–Crippen LogP) is -1.52. The van der Waals surface area contributed by atoms with E-state index in [-0.39, 0.29) is 17.0 Å². The van der Waals surface area contributed by atoms with Crippen LogP contribution in [0.3, 0.4) is 0 Å². The Hall–Kier alpha value is -0.830. The highest BCUT2D eigenvalue weighted by Gasteiger charge is 2.04. The molecule has 3 heteroatoms. The van der Waals surface area contributed by atoms with Crippen LogP contribution in [0.5, 0.6) is 0 Å². The average Bonchev–Trinajstić information content (AvgIpc) is 2.47. The van der Waals surface area contributed by atoms with E-state index in [0.29, 0.717) is 0 Å². The molecule has 0 amide bonds. The molecule has 0 bridgehead atoms. The third-order valence-electron chi connectivity index (χ3n) is 1.93. The van der Waals surface area contributed by atoms with E-state index < -0.39 is 0 Å². The number of fused-ring (bicyclic) bond motifs is 1. The summed E-state index contributed by atoms with van der Waals surface area (Å²) in [5.41, 5.74) is 2.48. The smallest absolute Gasteiger partial charge is 0.242 e. The Morgan fingerprint density at radius 2 is 2.08 bits per heavy atom. The molecule has 2 nitrogen and oxygen atoms in total. The van der Waals surface area contributed by atoms with Crippen molar-refractivity contribution in [2.45, 2.75) is 13.5 Å². The summed E-state index contributed by atoms with van der Waals surface area (Å²) in [5, 5.41) is 0. The van der Waals surface area contributed by atoms with Gasteiger partial charge in [-0.15, -0.1) is 0 Å². The van der Waals surface area contributed by atoms with Crippen molar-refractivity contribution >= 4 is 11.0 Å². The number of imidazole rings is 1. The maximum Gasteiger partial charge on any atom is 0.242 e. The molecule has 0 radical (unpaired) electrons. The molecule has 0 aliphatic heterocycles. The second-order valence-electron chi connectivity index (χ2n) is 2.58. The van der Waals surface area contributed by atoms with Crippen LogP contribution in [-0.4, -0.2) is 4.98 Å². The summed E-state index contributed by atoms with van der Waals surface area (Å²) in [7, 11) is 0. The van der Waals surface area contributed by atoms with Gasteiger partial charge in [0.1, 0.15) is 0 Å². The molecule has 0 unspecified atom stereocenters. The van der Waals surface area contributed by atoms with Crippen molar-refractivity contribution in [1.29, 1.82) is 0 Å². The fourth-order valence-electron chi connectivity index (χ4n) is 1.32. The first-order valence-corrected chi connectivity index (χ1v) is 3.87. The van der Waals surface area contributed by atoms with E-state index >= 15 is 0 Å². The number of hydrogen-bond donors (Lipinski definition) is 1. The number of halogens is 1. The van der Waals surface area contributed by atoms with Crippen LogP contribution in [0.4, 0.5) is 0 Å². The molecule has 0 saturated heterocycles. The molecule has 1 N–H and O–H groups in total. The summed E-state index contributed by atoms with van der Waals surface area (Å²) in [6.07, 6.45) is 2.00. The van der Waals surface area contributed by atoms with Crippen molar-refractivity contribution in [2.75, 3.05) is 0 Å². The van der Waals surface area contributed by atoms with Gasteiger partial charge in [-0.2, -0.15) is 0 Å². The van der Waals surface area contributed by atoms with Crippen LogP contribution < -0.4 is 21.5 Å². The predicted molar refractivity (Wildman–Crippen MR) is 44.2 cm³/mol. The van der Waals surface area contributed by atoms with E-state index in [1.54, 1.807) is 0 Å². The molecule has 0 atom stereocenters. The zero-order valence-electron chi connectivity index (χ0n) is 6.92. The maximum absolute atomic E-state index is 3.20. The minimum atomic E-state index is 0. The monoisotopic (exact) mass is 226 g/mol. The second kappa shape index (κ2) is 3.72. The Kier molecular flexibility index (Phi) is 2.87. The Bertz CT molecular complexity index is 367. The molecule has 0 saturated carbocycles. The van der Waals surface area contributed by atoms with Crippen LogP contribution in [0.15, 0.2) is 30.6 Å². The Labute approximate surface area is 82.0 Å². The van der Waals surface area contributed by atoms with Gasteiger partial charge in [-0.3, -0.25) is 0 Å². The number of H-pyrrole nitrogens is 1. The quantitative estimate of drug-likeness (QED) is 0.571. The van der Waals surface area contributed by atoms with E-state index in [2.05, 4.69) is 34.7 Å². The lowest BCUT2D eigenvalue weighted by molar-refractivity contribution is -0.667. The van der Waals surface area contributed by atoms with Gasteiger partial charge in [0.05, 0.1) is 6.54 Å². The second-order valence-corrected chi connectivity index (χ2v) is 2.58. The molecule has 2 rings (SSSR count). The van der Waals surface area contributed by atoms with Crippen molar-refractivity contribution in [3.63, 3.8) is 0 Å².